The van der Waals surface area contributed by atoms with Gasteiger partial charge in [-0.15, -0.1) is 0 Å². The average molecular weight is 273 g/mol. The van der Waals surface area contributed by atoms with Crippen LogP contribution in [0.5, 0.6) is 0 Å². The lowest BCUT2D eigenvalue weighted by Crippen LogP contribution is -1.88. The molecule has 0 bridgehead atoms. The largest absolute Gasteiger partial charge is 0.400 e. The second-order valence-electron chi connectivity index (χ2n) is 5.22. The van der Waals surface area contributed by atoms with Crippen molar-refractivity contribution in [3.8, 4) is 0 Å². The van der Waals surface area contributed by atoms with Crippen LogP contribution in [-0.2, 0) is 0 Å². The van der Waals surface area contributed by atoms with Crippen molar-refractivity contribution in [1.29, 1.82) is 0 Å². The van der Waals surface area contributed by atoms with Gasteiger partial charge in [-0.3, -0.25) is 9.78 Å². The number of aromatic nitrogens is 1. The molecule has 2 aromatic rings. The first-order chi connectivity index (χ1) is 9.60. The maximum absolute atomic E-state index is 10.7. The number of benzene rings is 1. The van der Waals surface area contributed by atoms with Crippen LogP contribution in [0.15, 0.2) is 24.4 Å². The minimum absolute atomic E-state index is 0.711. The van der Waals surface area contributed by atoms with Crippen LogP contribution in [-0.4, -0.2) is 23.5 Å². The van der Waals surface area contributed by atoms with E-state index in [1.165, 1.54) is 12.8 Å². The molecule has 3 heteroatoms. The van der Waals surface area contributed by atoms with E-state index in [1.54, 1.807) is 0 Å². The third-order valence-electron chi connectivity index (χ3n) is 3.13. The Balaban J connectivity index is 0.000000281. The van der Waals surface area contributed by atoms with Gasteiger partial charge >= 0.3 is 0 Å². The van der Waals surface area contributed by atoms with E-state index in [2.05, 4.69) is 11.9 Å². The number of carbonyl (C=O) groups excluding carboxylic acids is 1. The Morgan fingerprint density at radius 3 is 2.30 bits per heavy atom. The zero-order chi connectivity index (χ0) is 15.1. The van der Waals surface area contributed by atoms with Gasteiger partial charge in [0.1, 0.15) is 6.29 Å². The SMILES string of the molecule is CC1CC1.CO.Cc1cnc2c(C)cc(C=O)cc2c1. The van der Waals surface area contributed by atoms with Gasteiger partial charge in [-0.05, 0) is 49.1 Å². The van der Waals surface area contributed by atoms with E-state index in [4.69, 9.17) is 5.11 Å². The van der Waals surface area contributed by atoms with Gasteiger partial charge < -0.3 is 5.11 Å². The zero-order valence-corrected chi connectivity index (χ0v) is 12.7. The number of fused-ring (bicyclic) bond motifs is 1. The number of aliphatic hydroxyl groups excluding tert-OH is 1. The third kappa shape index (κ3) is 4.74. The smallest absolute Gasteiger partial charge is 0.150 e. The Morgan fingerprint density at radius 1 is 1.20 bits per heavy atom. The van der Waals surface area contributed by atoms with E-state index in [0.717, 1.165) is 41.3 Å². The minimum Gasteiger partial charge on any atom is -0.400 e. The van der Waals surface area contributed by atoms with E-state index >= 15 is 0 Å². The molecule has 0 aliphatic heterocycles. The maximum Gasteiger partial charge on any atom is 0.150 e. The molecule has 1 fully saturated rings. The Bertz CT molecular complexity index is 574. The van der Waals surface area contributed by atoms with Crippen LogP contribution < -0.4 is 0 Å². The van der Waals surface area contributed by atoms with Crippen LogP contribution in [0.2, 0.25) is 0 Å². The van der Waals surface area contributed by atoms with E-state index in [9.17, 15) is 4.79 Å². The molecule has 0 saturated heterocycles. The molecule has 3 nitrogen and oxygen atoms in total. The zero-order valence-electron chi connectivity index (χ0n) is 12.7. The summed E-state index contributed by atoms with van der Waals surface area (Å²) in [5, 5.41) is 8.03. The second kappa shape index (κ2) is 7.75. The molecule has 20 heavy (non-hydrogen) atoms. The Morgan fingerprint density at radius 2 is 1.80 bits per heavy atom. The summed E-state index contributed by atoms with van der Waals surface area (Å²) in [6, 6.07) is 5.77. The number of aliphatic hydroxyl groups is 1. The molecular weight excluding hydrogens is 250 g/mol. The monoisotopic (exact) mass is 273 g/mol. The summed E-state index contributed by atoms with van der Waals surface area (Å²) in [6.45, 7) is 6.24. The molecule has 1 heterocycles. The normalized spacial score (nSPS) is 12.8. The van der Waals surface area contributed by atoms with Gasteiger partial charge in [-0.2, -0.15) is 0 Å². The molecule has 0 amide bonds. The number of aryl methyl sites for hydroxylation is 2. The number of pyridine rings is 1. The summed E-state index contributed by atoms with van der Waals surface area (Å²) in [7, 11) is 1.00. The summed E-state index contributed by atoms with van der Waals surface area (Å²) in [4.78, 5) is 15.0. The predicted molar refractivity (Wildman–Crippen MR) is 83.1 cm³/mol. The minimum atomic E-state index is 0.711. The van der Waals surface area contributed by atoms with Crippen molar-refractivity contribution in [2.45, 2.75) is 33.6 Å². The summed E-state index contributed by atoms with van der Waals surface area (Å²) in [5.41, 5.74) is 3.84. The molecule has 1 aromatic carbocycles. The van der Waals surface area contributed by atoms with E-state index in [0.29, 0.717) is 5.56 Å². The van der Waals surface area contributed by atoms with E-state index in [-0.39, 0.29) is 0 Å². The molecule has 0 spiro atoms. The molecule has 1 aliphatic rings. The maximum atomic E-state index is 10.7. The summed E-state index contributed by atoms with van der Waals surface area (Å²) in [6.07, 6.45) is 5.69. The second-order valence-corrected chi connectivity index (χ2v) is 5.22. The lowest BCUT2D eigenvalue weighted by molar-refractivity contribution is 0.112. The Kier molecular flexibility index (Phi) is 6.32. The van der Waals surface area contributed by atoms with Crippen molar-refractivity contribution in [1.82, 2.24) is 4.98 Å². The standard InChI is InChI=1S/C12H11NO.C4H8.CH4O/c1-8-3-11-5-10(7-14)4-9(2)12(11)13-6-8;1-4-2-3-4;1-2/h3-7H,1-2H3;4H,2-3H2,1H3;2H,1H3. The van der Waals surface area contributed by atoms with E-state index in [1.807, 2.05) is 38.2 Å². The van der Waals surface area contributed by atoms with Crippen molar-refractivity contribution in [2.24, 2.45) is 5.92 Å². The molecule has 0 atom stereocenters. The highest BCUT2D eigenvalue weighted by molar-refractivity contribution is 5.89. The number of nitrogens with zero attached hydrogens (tertiary/aromatic N) is 1. The van der Waals surface area contributed by atoms with Crippen LogP contribution in [0, 0.1) is 19.8 Å². The average Bonchev–Trinajstić information content (AvgIpc) is 3.23. The first-order valence-electron chi connectivity index (χ1n) is 6.87. The first kappa shape index (κ1) is 16.3. The fourth-order valence-corrected chi connectivity index (χ4v) is 1.81. The molecular formula is C17H23NO2. The first-order valence-corrected chi connectivity index (χ1v) is 6.87. The predicted octanol–water partition coefficient (Wildman–Crippen LogP) is 3.69. The van der Waals surface area contributed by atoms with Crippen LogP contribution in [0.25, 0.3) is 10.9 Å². The Hall–Kier alpha value is -1.74. The van der Waals surface area contributed by atoms with Gasteiger partial charge in [-0.25, -0.2) is 0 Å². The third-order valence-corrected chi connectivity index (χ3v) is 3.13. The fraction of sp³-hybridized carbons (Fsp3) is 0.412. The van der Waals surface area contributed by atoms with Crippen molar-refractivity contribution >= 4 is 17.2 Å². The highest BCUT2D eigenvalue weighted by atomic mass is 16.2. The number of hydrogen-bond donors (Lipinski definition) is 1. The van der Waals surface area contributed by atoms with Gasteiger partial charge in [0.05, 0.1) is 5.52 Å². The highest BCUT2D eigenvalue weighted by Gasteiger charge is 2.12. The van der Waals surface area contributed by atoms with Crippen LogP contribution in [0.3, 0.4) is 0 Å². The number of aldehydes is 1. The Labute approximate surface area is 120 Å². The molecule has 1 aromatic heterocycles. The number of hydrogen-bond acceptors (Lipinski definition) is 3. The van der Waals surface area contributed by atoms with Crippen LogP contribution in [0.4, 0.5) is 0 Å². The molecule has 0 radical (unpaired) electrons. The van der Waals surface area contributed by atoms with Crippen molar-refractivity contribution in [2.75, 3.05) is 7.11 Å². The quantitative estimate of drug-likeness (QED) is 0.806. The lowest BCUT2D eigenvalue weighted by Gasteiger charge is -2.03. The lowest BCUT2D eigenvalue weighted by atomic mass is 10.1. The van der Waals surface area contributed by atoms with Crippen LogP contribution in [0.1, 0.15) is 41.3 Å². The molecule has 1 N–H and O–H groups in total. The van der Waals surface area contributed by atoms with Gasteiger partial charge in [0.15, 0.2) is 0 Å². The van der Waals surface area contributed by atoms with Gasteiger partial charge in [-0.1, -0.05) is 19.8 Å². The van der Waals surface area contributed by atoms with Crippen LogP contribution >= 0.6 is 0 Å². The number of rotatable bonds is 1. The van der Waals surface area contributed by atoms with Crippen molar-refractivity contribution < 1.29 is 9.90 Å². The molecule has 0 unspecified atom stereocenters. The molecule has 108 valence electrons. The van der Waals surface area contributed by atoms with Crippen molar-refractivity contribution in [3.63, 3.8) is 0 Å². The van der Waals surface area contributed by atoms with Crippen molar-refractivity contribution in [3.05, 3.63) is 41.1 Å². The van der Waals surface area contributed by atoms with Gasteiger partial charge in [0.2, 0.25) is 0 Å². The summed E-state index contributed by atoms with van der Waals surface area (Å²) < 4.78 is 0. The van der Waals surface area contributed by atoms with Gasteiger partial charge in [0, 0.05) is 24.3 Å². The molecule has 1 saturated carbocycles. The molecule has 3 rings (SSSR count). The fourth-order valence-electron chi connectivity index (χ4n) is 1.81. The summed E-state index contributed by atoms with van der Waals surface area (Å²) >= 11 is 0. The van der Waals surface area contributed by atoms with E-state index < -0.39 is 0 Å². The number of carbonyl (C=O) groups is 1. The summed E-state index contributed by atoms with van der Waals surface area (Å²) in [5.74, 6) is 1.08. The topological polar surface area (TPSA) is 50.2 Å². The van der Waals surface area contributed by atoms with Gasteiger partial charge in [0.25, 0.3) is 0 Å². The molecule has 1 aliphatic carbocycles. The highest BCUT2D eigenvalue weighted by Crippen LogP contribution is 2.26.